The van der Waals surface area contributed by atoms with Gasteiger partial charge in [-0.05, 0) is 73.9 Å². The molecular weight excluding hydrogens is 384 g/mol. The molecule has 0 aromatic heterocycles. The number of carboxylic acids is 1. The van der Waals surface area contributed by atoms with Crippen LogP contribution in [0.5, 0.6) is 0 Å². The highest BCUT2D eigenvalue weighted by Gasteiger charge is 2.20. The highest BCUT2D eigenvalue weighted by molar-refractivity contribution is 5.77. The van der Waals surface area contributed by atoms with Gasteiger partial charge in [0.15, 0.2) is 0 Å². The van der Waals surface area contributed by atoms with Crippen molar-refractivity contribution in [1.82, 2.24) is 0 Å². The van der Waals surface area contributed by atoms with Gasteiger partial charge in [0.2, 0.25) is 0 Å². The molecule has 0 radical (unpaired) electrons. The molecule has 1 unspecified atom stereocenters. The second-order valence-electron chi connectivity index (χ2n) is 9.19. The lowest BCUT2D eigenvalue weighted by Gasteiger charge is -2.33. The van der Waals surface area contributed by atoms with Crippen molar-refractivity contribution >= 4 is 23.0 Å². The van der Waals surface area contributed by atoms with Crippen LogP contribution in [-0.4, -0.2) is 23.7 Å². The molecule has 0 heterocycles. The predicted molar refractivity (Wildman–Crippen MR) is 133 cm³/mol. The van der Waals surface area contributed by atoms with Crippen molar-refractivity contribution in [2.45, 2.75) is 79.2 Å². The number of carboxylic acid groups (broad SMARTS) is 1. The molecule has 1 atom stereocenters. The van der Waals surface area contributed by atoms with Crippen LogP contribution >= 0.6 is 0 Å². The molecule has 2 N–H and O–H groups in total. The van der Waals surface area contributed by atoms with Crippen molar-refractivity contribution in [1.29, 1.82) is 0 Å². The lowest BCUT2D eigenvalue weighted by molar-refractivity contribution is -0.137. The average molecular weight is 425 g/mol. The monoisotopic (exact) mass is 424 g/mol. The van der Waals surface area contributed by atoms with E-state index in [1.54, 1.807) is 0 Å². The molecule has 4 heteroatoms. The highest BCUT2D eigenvalue weighted by Crippen LogP contribution is 2.35. The van der Waals surface area contributed by atoms with Crippen molar-refractivity contribution in [3.8, 4) is 0 Å². The number of nitrogens with zero attached hydrogens (tertiary/aromatic N) is 1. The van der Waals surface area contributed by atoms with E-state index in [1.807, 2.05) is 0 Å². The summed E-state index contributed by atoms with van der Waals surface area (Å²) < 4.78 is 0. The molecule has 170 valence electrons. The van der Waals surface area contributed by atoms with Crippen LogP contribution in [0.1, 0.15) is 77.8 Å². The first-order chi connectivity index (χ1) is 14.7. The van der Waals surface area contributed by atoms with E-state index in [9.17, 15) is 9.90 Å². The first kappa shape index (κ1) is 24.8. The number of benzene rings is 2. The number of hydrogen-bond donors (Lipinski definition) is 2. The minimum Gasteiger partial charge on any atom is -0.481 e. The Morgan fingerprint density at radius 2 is 1.71 bits per heavy atom. The number of nitrogens with one attached hydrogen (secondary N) is 1. The van der Waals surface area contributed by atoms with Crippen LogP contribution in [-0.2, 0) is 11.2 Å². The van der Waals surface area contributed by atoms with E-state index in [4.69, 9.17) is 0 Å². The van der Waals surface area contributed by atoms with Crippen LogP contribution in [0.3, 0.4) is 0 Å². The summed E-state index contributed by atoms with van der Waals surface area (Å²) in [5.41, 5.74) is 5.68. The largest absolute Gasteiger partial charge is 0.481 e. The maximum Gasteiger partial charge on any atom is 0.303 e. The summed E-state index contributed by atoms with van der Waals surface area (Å²) in [6, 6.07) is 15.4. The van der Waals surface area contributed by atoms with Gasteiger partial charge < -0.3 is 15.3 Å². The Hall–Kier alpha value is -2.49. The molecular formula is C27H40N2O2. The third kappa shape index (κ3) is 7.30. The number of aliphatic carboxylic acids is 1. The molecule has 0 bridgehead atoms. The zero-order chi connectivity index (χ0) is 23.0. The number of hydrogen-bond acceptors (Lipinski definition) is 3. The van der Waals surface area contributed by atoms with Gasteiger partial charge in [0.05, 0.1) is 17.8 Å². The number of carbonyl (C=O) groups is 1. The Labute approximate surface area is 188 Å². The topological polar surface area (TPSA) is 52.6 Å². The Morgan fingerprint density at radius 3 is 2.23 bits per heavy atom. The Kier molecular flexibility index (Phi) is 9.42. The summed E-state index contributed by atoms with van der Waals surface area (Å²) in [6.07, 6.45) is 3.18. The van der Waals surface area contributed by atoms with Crippen LogP contribution in [0.4, 0.5) is 17.1 Å². The summed E-state index contributed by atoms with van der Waals surface area (Å²) in [5, 5.41) is 13.0. The fraction of sp³-hybridized carbons (Fsp3) is 0.519. The van der Waals surface area contributed by atoms with Gasteiger partial charge in [0, 0.05) is 18.3 Å². The van der Waals surface area contributed by atoms with Crippen molar-refractivity contribution in [2.24, 2.45) is 5.92 Å². The van der Waals surface area contributed by atoms with Crippen LogP contribution in [0, 0.1) is 5.92 Å². The lowest BCUT2D eigenvalue weighted by Crippen LogP contribution is -2.34. The van der Waals surface area contributed by atoms with Crippen LogP contribution in [0.2, 0.25) is 0 Å². The molecule has 0 saturated heterocycles. The van der Waals surface area contributed by atoms with Crippen LogP contribution < -0.4 is 10.2 Å². The average Bonchev–Trinajstić information content (AvgIpc) is 2.71. The van der Waals surface area contributed by atoms with Crippen molar-refractivity contribution in [3.05, 3.63) is 53.6 Å². The molecule has 2 rings (SSSR count). The number of anilines is 3. The van der Waals surface area contributed by atoms with Crippen molar-refractivity contribution < 1.29 is 9.90 Å². The van der Waals surface area contributed by atoms with Gasteiger partial charge in [-0.2, -0.15) is 0 Å². The molecule has 0 aliphatic rings. The fourth-order valence-corrected chi connectivity index (χ4v) is 4.05. The maximum atomic E-state index is 11.4. The molecule has 0 amide bonds. The minimum atomic E-state index is -0.749. The lowest BCUT2D eigenvalue weighted by atomic mass is 9.92. The van der Waals surface area contributed by atoms with Gasteiger partial charge in [-0.3, -0.25) is 4.79 Å². The normalized spacial score (nSPS) is 12.3. The van der Waals surface area contributed by atoms with Gasteiger partial charge in [0.1, 0.15) is 0 Å². The quantitative estimate of drug-likeness (QED) is 0.377. The summed E-state index contributed by atoms with van der Waals surface area (Å²) in [6.45, 7) is 14.1. The summed E-state index contributed by atoms with van der Waals surface area (Å²) >= 11 is 0. The van der Waals surface area contributed by atoms with E-state index >= 15 is 0 Å². The Bertz CT molecular complexity index is 828. The Balaban J connectivity index is 2.47. The molecule has 2 aromatic rings. The zero-order valence-electron chi connectivity index (χ0n) is 20.1. The van der Waals surface area contributed by atoms with E-state index in [1.165, 1.54) is 5.56 Å². The van der Waals surface area contributed by atoms with Gasteiger partial charge in [-0.25, -0.2) is 0 Å². The molecule has 0 spiro atoms. The summed E-state index contributed by atoms with van der Waals surface area (Å²) in [7, 11) is 0. The molecule has 4 nitrogen and oxygen atoms in total. The third-order valence-electron chi connectivity index (χ3n) is 5.67. The molecule has 31 heavy (non-hydrogen) atoms. The van der Waals surface area contributed by atoms with E-state index in [0.717, 1.165) is 48.4 Å². The SMILES string of the molecule is CCCc1ccc(Nc2cc(C(CC)CC(=O)O)ccc2N(CC(C)C)C(C)C)cc1. The summed E-state index contributed by atoms with van der Waals surface area (Å²) in [5.74, 6) is -0.198. The van der Waals surface area contributed by atoms with E-state index in [-0.39, 0.29) is 12.3 Å². The number of aryl methyl sites for hydroxylation is 1. The highest BCUT2D eigenvalue weighted by atomic mass is 16.4. The van der Waals surface area contributed by atoms with E-state index in [0.29, 0.717) is 12.0 Å². The van der Waals surface area contributed by atoms with Crippen molar-refractivity contribution in [2.75, 3.05) is 16.8 Å². The van der Waals surface area contributed by atoms with E-state index < -0.39 is 5.97 Å². The summed E-state index contributed by atoms with van der Waals surface area (Å²) in [4.78, 5) is 13.8. The second kappa shape index (κ2) is 11.8. The van der Waals surface area contributed by atoms with E-state index in [2.05, 4.69) is 94.2 Å². The molecule has 0 aliphatic carbocycles. The first-order valence-electron chi connectivity index (χ1n) is 11.7. The van der Waals surface area contributed by atoms with Gasteiger partial charge in [0.25, 0.3) is 0 Å². The molecule has 2 aromatic carbocycles. The van der Waals surface area contributed by atoms with Crippen molar-refractivity contribution in [3.63, 3.8) is 0 Å². The number of rotatable bonds is 12. The molecule has 0 saturated carbocycles. The Morgan fingerprint density at radius 1 is 1.03 bits per heavy atom. The van der Waals surface area contributed by atoms with Gasteiger partial charge >= 0.3 is 5.97 Å². The predicted octanol–water partition coefficient (Wildman–Crippen LogP) is 7.22. The van der Waals surface area contributed by atoms with Crippen LogP contribution in [0.15, 0.2) is 42.5 Å². The smallest absolute Gasteiger partial charge is 0.303 e. The fourth-order valence-electron chi connectivity index (χ4n) is 4.05. The zero-order valence-corrected chi connectivity index (χ0v) is 20.1. The standard InChI is InChI=1S/C27H40N2O2/c1-7-9-21-10-13-24(14-11-21)28-25-16-23(22(8-2)17-27(30)31)12-15-26(25)29(20(5)6)18-19(3)4/h10-16,19-20,22,28H,7-9,17-18H2,1-6H3,(H,30,31). The maximum absolute atomic E-state index is 11.4. The van der Waals surface area contributed by atoms with Gasteiger partial charge in [-0.1, -0.05) is 52.3 Å². The van der Waals surface area contributed by atoms with Crippen LogP contribution in [0.25, 0.3) is 0 Å². The second-order valence-corrected chi connectivity index (χ2v) is 9.19. The first-order valence-corrected chi connectivity index (χ1v) is 11.7. The molecule has 0 aliphatic heterocycles. The third-order valence-corrected chi connectivity index (χ3v) is 5.67. The minimum absolute atomic E-state index is 0.0108. The van der Waals surface area contributed by atoms with Gasteiger partial charge in [-0.15, -0.1) is 0 Å². The molecule has 0 fully saturated rings.